The van der Waals surface area contributed by atoms with Crippen molar-refractivity contribution in [3.05, 3.63) is 108 Å². The summed E-state index contributed by atoms with van der Waals surface area (Å²) in [5.41, 5.74) is 3.19. The van der Waals surface area contributed by atoms with Crippen LogP contribution >= 0.6 is 0 Å². The van der Waals surface area contributed by atoms with E-state index >= 15 is 0 Å². The molecule has 1 amide bonds. The topological polar surface area (TPSA) is 29.5 Å². The second-order valence-corrected chi connectivity index (χ2v) is 6.56. The van der Waals surface area contributed by atoms with Crippen LogP contribution in [-0.2, 0) is 4.74 Å². The number of hydrogen-bond donors (Lipinski definition) is 0. The zero-order valence-electron chi connectivity index (χ0n) is 14.7. The van der Waals surface area contributed by atoms with Gasteiger partial charge in [0, 0.05) is 0 Å². The highest BCUT2D eigenvalue weighted by atomic mass is 16.6. The van der Waals surface area contributed by atoms with E-state index in [2.05, 4.69) is 31.2 Å². The third-order valence-electron chi connectivity index (χ3n) is 4.99. The second kappa shape index (κ2) is 7.04. The minimum absolute atomic E-state index is 0.0809. The zero-order chi connectivity index (χ0) is 17.9. The van der Waals surface area contributed by atoms with Crippen molar-refractivity contribution in [3.8, 4) is 0 Å². The van der Waals surface area contributed by atoms with Crippen molar-refractivity contribution < 1.29 is 9.53 Å². The number of cyclic esters (lactones) is 1. The predicted octanol–water partition coefficient (Wildman–Crippen LogP) is 5.68. The van der Waals surface area contributed by atoms with E-state index in [1.165, 1.54) is 0 Å². The molecule has 3 aromatic carbocycles. The van der Waals surface area contributed by atoms with Gasteiger partial charge >= 0.3 is 6.09 Å². The number of rotatable bonds is 4. The Morgan fingerprint density at radius 1 is 0.769 bits per heavy atom. The van der Waals surface area contributed by atoms with Crippen molar-refractivity contribution in [2.45, 2.75) is 25.1 Å². The highest BCUT2D eigenvalue weighted by Gasteiger charge is 2.45. The van der Waals surface area contributed by atoms with Crippen molar-refractivity contribution in [1.29, 1.82) is 0 Å². The Morgan fingerprint density at radius 2 is 1.27 bits per heavy atom. The van der Waals surface area contributed by atoms with Crippen LogP contribution in [0.5, 0.6) is 0 Å². The molecule has 130 valence electrons. The van der Waals surface area contributed by atoms with Crippen molar-refractivity contribution in [2.75, 3.05) is 0 Å². The molecule has 1 heterocycles. The summed E-state index contributed by atoms with van der Waals surface area (Å²) in [5, 5.41) is 0. The Labute approximate surface area is 153 Å². The third kappa shape index (κ3) is 2.97. The minimum Gasteiger partial charge on any atom is -0.439 e. The average molecular weight is 343 g/mol. The lowest BCUT2D eigenvalue weighted by atomic mass is 9.93. The van der Waals surface area contributed by atoms with Gasteiger partial charge in [-0.2, -0.15) is 0 Å². The number of benzene rings is 3. The van der Waals surface area contributed by atoms with Crippen LogP contribution in [0.1, 0.15) is 41.8 Å². The molecule has 1 saturated heterocycles. The second-order valence-electron chi connectivity index (χ2n) is 6.56. The SMILES string of the molecule is C[C@@H](c1ccccc1)N1C(=O)O[C@H](c2ccccc2)[C@H]1c1ccccc1. The van der Waals surface area contributed by atoms with Crippen molar-refractivity contribution in [3.63, 3.8) is 0 Å². The molecule has 26 heavy (non-hydrogen) atoms. The van der Waals surface area contributed by atoms with E-state index in [9.17, 15) is 4.79 Å². The van der Waals surface area contributed by atoms with Gasteiger partial charge in [0.2, 0.25) is 0 Å². The predicted molar refractivity (Wildman–Crippen MR) is 102 cm³/mol. The van der Waals surface area contributed by atoms with Gasteiger partial charge in [-0.3, -0.25) is 4.90 Å². The zero-order valence-corrected chi connectivity index (χ0v) is 14.7. The normalized spacial score (nSPS) is 20.7. The Kier molecular flexibility index (Phi) is 4.44. The quantitative estimate of drug-likeness (QED) is 0.610. The first-order valence-corrected chi connectivity index (χ1v) is 8.89. The van der Waals surface area contributed by atoms with Crippen LogP contribution < -0.4 is 0 Å². The number of ether oxygens (including phenoxy) is 1. The first-order valence-electron chi connectivity index (χ1n) is 8.89. The Bertz CT molecular complexity index is 864. The van der Waals surface area contributed by atoms with Crippen LogP contribution in [0.2, 0.25) is 0 Å². The lowest BCUT2D eigenvalue weighted by Crippen LogP contribution is -2.31. The molecule has 0 radical (unpaired) electrons. The number of amides is 1. The average Bonchev–Trinajstić information content (AvgIpc) is 3.06. The maximum absolute atomic E-state index is 12.9. The number of nitrogens with zero attached hydrogens (tertiary/aromatic N) is 1. The third-order valence-corrected chi connectivity index (χ3v) is 4.99. The van der Waals surface area contributed by atoms with Crippen molar-refractivity contribution >= 4 is 6.09 Å². The Balaban J connectivity index is 1.78. The lowest BCUT2D eigenvalue weighted by molar-refractivity contribution is 0.128. The van der Waals surface area contributed by atoms with Crippen LogP contribution in [0.25, 0.3) is 0 Å². The molecule has 0 aromatic heterocycles. The molecule has 3 heteroatoms. The molecular formula is C23H21NO2. The largest absolute Gasteiger partial charge is 0.439 e. The lowest BCUT2D eigenvalue weighted by Gasteiger charge is -2.30. The molecule has 3 aromatic rings. The highest BCUT2D eigenvalue weighted by Crippen LogP contribution is 2.46. The van der Waals surface area contributed by atoms with Gasteiger partial charge in [-0.25, -0.2) is 4.79 Å². The van der Waals surface area contributed by atoms with E-state index in [0.29, 0.717) is 0 Å². The van der Waals surface area contributed by atoms with Crippen LogP contribution in [0.4, 0.5) is 4.79 Å². The van der Waals surface area contributed by atoms with Crippen molar-refractivity contribution in [2.24, 2.45) is 0 Å². The fourth-order valence-electron chi connectivity index (χ4n) is 3.66. The maximum atomic E-state index is 12.9. The van der Waals surface area contributed by atoms with E-state index in [1.807, 2.05) is 71.6 Å². The molecule has 1 fully saturated rings. The summed E-state index contributed by atoms with van der Waals surface area (Å²) < 4.78 is 5.86. The molecule has 0 spiro atoms. The maximum Gasteiger partial charge on any atom is 0.411 e. The summed E-state index contributed by atoms with van der Waals surface area (Å²) >= 11 is 0. The number of carbonyl (C=O) groups excluding carboxylic acids is 1. The number of carbonyl (C=O) groups is 1. The Morgan fingerprint density at radius 3 is 1.85 bits per heavy atom. The molecule has 1 aliphatic heterocycles. The standard InChI is InChI=1S/C23H21NO2/c1-17(18-11-5-2-6-12-18)24-21(19-13-7-3-8-14-19)22(26-23(24)25)20-15-9-4-10-16-20/h2-17,21-22H,1H3/t17-,21+,22+/m0/s1. The van der Waals surface area contributed by atoms with Crippen LogP contribution in [0.15, 0.2) is 91.0 Å². The van der Waals surface area contributed by atoms with Gasteiger partial charge < -0.3 is 4.74 Å². The van der Waals surface area contributed by atoms with Gasteiger partial charge in [-0.05, 0) is 23.6 Å². The minimum atomic E-state index is -0.322. The van der Waals surface area contributed by atoms with E-state index in [4.69, 9.17) is 4.74 Å². The molecule has 3 atom stereocenters. The van der Waals surface area contributed by atoms with Crippen LogP contribution in [-0.4, -0.2) is 11.0 Å². The smallest absolute Gasteiger partial charge is 0.411 e. The first kappa shape index (κ1) is 16.4. The molecule has 1 aliphatic rings. The number of hydrogen-bond acceptors (Lipinski definition) is 2. The molecule has 0 bridgehead atoms. The molecule has 0 unspecified atom stereocenters. The van der Waals surface area contributed by atoms with Gasteiger partial charge in [0.25, 0.3) is 0 Å². The molecule has 0 aliphatic carbocycles. The van der Waals surface area contributed by atoms with E-state index in [-0.39, 0.29) is 24.3 Å². The summed E-state index contributed by atoms with van der Waals surface area (Å²) in [6.07, 6.45) is -0.596. The summed E-state index contributed by atoms with van der Waals surface area (Å²) in [5.74, 6) is 0. The first-order chi connectivity index (χ1) is 12.8. The fraction of sp³-hybridized carbons (Fsp3) is 0.174. The van der Waals surface area contributed by atoms with Gasteiger partial charge in [0.05, 0.1) is 6.04 Å². The summed E-state index contributed by atoms with van der Waals surface area (Å²) in [7, 11) is 0. The summed E-state index contributed by atoms with van der Waals surface area (Å²) in [6, 6.07) is 29.9. The molecule has 3 nitrogen and oxygen atoms in total. The molecule has 0 N–H and O–H groups in total. The van der Waals surface area contributed by atoms with E-state index in [0.717, 1.165) is 16.7 Å². The van der Waals surface area contributed by atoms with E-state index in [1.54, 1.807) is 0 Å². The summed E-state index contributed by atoms with van der Waals surface area (Å²) in [4.78, 5) is 14.7. The summed E-state index contributed by atoms with van der Waals surface area (Å²) in [6.45, 7) is 2.06. The van der Waals surface area contributed by atoms with Crippen molar-refractivity contribution in [1.82, 2.24) is 4.90 Å². The Hall–Kier alpha value is -3.07. The van der Waals surface area contributed by atoms with Gasteiger partial charge in [0.1, 0.15) is 6.04 Å². The molecular weight excluding hydrogens is 322 g/mol. The molecule has 0 saturated carbocycles. The fourth-order valence-corrected chi connectivity index (χ4v) is 3.66. The van der Waals surface area contributed by atoms with Gasteiger partial charge in [-0.1, -0.05) is 91.0 Å². The molecule has 4 rings (SSSR count). The highest BCUT2D eigenvalue weighted by molar-refractivity contribution is 5.72. The van der Waals surface area contributed by atoms with Crippen LogP contribution in [0, 0.1) is 0 Å². The van der Waals surface area contributed by atoms with Crippen LogP contribution in [0.3, 0.4) is 0 Å². The van der Waals surface area contributed by atoms with Gasteiger partial charge in [-0.15, -0.1) is 0 Å². The monoisotopic (exact) mass is 343 g/mol. The van der Waals surface area contributed by atoms with E-state index < -0.39 is 0 Å². The van der Waals surface area contributed by atoms with Gasteiger partial charge in [0.15, 0.2) is 6.10 Å².